The van der Waals surface area contributed by atoms with Gasteiger partial charge in [0.05, 0.1) is 14.1 Å². The third-order valence-corrected chi connectivity index (χ3v) is 9.55. The SMILES string of the molecule is Cc1cc(C)c(O)c(C=Nn2c(C)ccc2C)c1.[Ni].[c-]1ccccc1.c1ccc([PH+](c2ccccc2)c2ccccc2)cc1. The third kappa shape index (κ3) is 9.92. The predicted octanol–water partition coefficient (Wildman–Crippen LogP) is 7.97. The Hall–Kier alpha value is -4.23. The van der Waals surface area contributed by atoms with Crippen molar-refractivity contribution in [3.63, 3.8) is 0 Å². The standard InChI is InChI=1S/C18H15P.C15H18N2O.C6H5.Ni/c1-4-10-16(11-5-1)19(17-12-6-2-7-13-17)18-14-8-3-9-15-18;1-10-7-11(2)15(18)14(8-10)9-16-17-12(3)5-6-13(17)4;1-2-4-6-5-3-1;/h1-15H;5-9,18H,1-4H3;1-5H;/q;;-1;/p+1. The summed E-state index contributed by atoms with van der Waals surface area (Å²) in [7, 11) is -0.877. The van der Waals surface area contributed by atoms with E-state index in [-0.39, 0.29) is 16.5 Å². The molecular formula is C39H39N2NiOP. The topological polar surface area (TPSA) is 37.5 Å². The van der Waals surface area contributed by atoms with E-state index in [2.05, 4.69) is 102 Å². The average molecular weight is 641 g/mol. The van der Waals surface area contributed by atoms with E-state index < -0.39 is 7.92 Å². The number of hydrogen-bond acceptors (Lipinski definition) is 2. The molecule has 0 aliphatic rings. The van der Waals surface area contributed by atoms with E-state index in [1.807, 2.05) is 87.0 Å². The quantitative estimate of drug-likeness (QED) is 0.0882. The Morgan fingerprint density at radius 2 is 1.05 bits per heavy atom. The molecule has 3 nitrogen and oxygen atoms in total. The molecule has 6 rings (SSSR count). The predicted molar refractivity (Wildman–Crippen MR) is 186 cm³/mol. The summed E-state index contributed by atoms with van der Waals surface area (Å²) in [6.45, 7) is 7.92. The smallest absolute Gasteiger partial charge is 0.127 e. The van der Waals surface area contributed by atoms with Crippen LogP contribution in [0.5, 0.6) is 5.75 Å². The van der Waals surface area contributed by atoms with E-state index in [1.54, 1.807) is 6.21 Å². The molecule has 1 heterocycles. The molecule has 0 aliphatic heterocycles. The number of nitrogens with zero attached hydrogens (tertiary/aromatic N) is 2. The van der Waals surface area contributed by atoms with Gasteiger partial charge in [-0.3, -0.25) is 0 Å². The first-order valence-corrected chi connectivity index (χ1v) is 15.9. The van der Waals surface area contributed by atoms with Crippen LogP contribution < -0.4 is 15.9 Å². The summed E-state index contributed by atoms with van der Waals surface area (Å²) in [5, 5.41) is 18.7. The minimum atomic E-state index is -0.877. The van der Waals surface area contributed by atoms with Crippen molar-refractivity contribution in [3.8, 4) is 5.75 Å². The van der Waals surface area contributed by atoms with Crippen molar-refractivity contribution in [2.45, 2.75) is 27.7 Å². The van der Waals surface area contributed by atoms with Gasteiger partial charge < -0.3 is 5.11 Å². The summed E-state index contributed by atoms with van der Waals surface area (Å²) in [6, 6.07) is 52.9. The van der Waals surface area contributed by atoms with Crippen molar-refractivity contribution < 1.29 is 21.6 Å². The molecule has 0 radical (unpaired) electrons. The molecule has 0 fully saturated rings. The maximum Gasteiger partial charge on any atom is 0.127 e. The average Bonchev–Trinajstić information content (AvgIpc) is 3.37. The third-order valence-electron chi connectivity index (χ3n) is 6.82. The number of rotatable bonds is 5. The molecule has 0 saturated heterocycles. The molecule has 1 aromatic heterocycles. The second kappa shape index (κ2) is 17.8. The molecule has 44 heavy (non-hydrogen) atoms. The number of phenolic OH excluding ortho intramolecular Hbond substituents is 1. The van der Waals surface area contributed by atoms with Gasteiger partial charge in [0.15, 0.2) is 0 Å². The maximum atomic E-state index is 9.99. The monoisotopic (exact) mass is 640 g/mol. The first kappa shape index (κ1) is 34.3. The van der Waals surface area contributed by atoms with Crippen molar-refractivity contribution in [3.05, 3.63) is 180 Å². The molecule has 0 saturated carbocycles. The van der Waals surface area contributed by atoms with Crippen LogP contribution >= 0.6 is 7.92 Å². The molecule has 6 aromatic rings. The number of phenols is 1. The van der Waals surface area contributed by atoms with Gasteiger partial charge in [0, 0.05) is 33.4 Å². The van der Waals surface area contributed by atoms with Crippen LogP contribution in [0.3, 0.4) is 0 Å². The second-order valence-electron chi connectivity index (χ2n) is 10.2. The van der Waals surface area contributed by atoms with E-state index in [0.29, 0.717) is 5.75 Å². The van der Waals surface area contributed by atoms with Crippen LogP contribution in [0.2, 0.25) is 0 Å². The minimum Gasteiger partial charge on any atom is -0.507 e. The van der Waals surface area contributed by atoms with E-state index in [0.717, 1.165) is 28.1 Å². The van der Waals surface area contributed by atoms with Crippen LogP contribution in [0, 0.1) is 33.8 Å². The van der Waals surface area contributed by atoms with Gasteiger partial charge in [0.2, 0.25) is 0 Å². The second-order valence-corrected chi connectivity index (χ2v) is 12.7. The molecule has 0 bridgehead atoms. The zero-order valence-corrected chi connectivity index (χ0v) is 27.6. The van der Waals surface area contributed by atoms with Gasteiger partial charge in [-0.2, -0.15) is 41.5 Å². The minimum absolute atomic E-state index is 0. The summed E-state index contributed by atoms with van der Waals surface area (Å²) in [5.74, 6) is 0.298. The number of aromatic hydroxyl groups is 1. The molecular weight excluding hydrogens is 602 g/mol. The van der Waals surface area contributed by atoms with Gasteiger partial charge in [0.25, 0.3) is 0 Å². The van der Waals surface area contributed by atoms with Crippen LogP contribution in [0.15, 0.2) is 151 Å². The van der Waals surface area contributed by atoms with E-state index in [9.17, 15) is 5.11 Å². The Kier molecular flexibility index (Phi) is 13.9. The van der Waals surface area contributed by atoms with Crippen molar-refractivity contribution >= 4 is 30.0 Å². The molecule has 5 aromatic carbocycles. The summed E-state index contributed by atoms with van der Waals surface area (Å²) < 4.78 is 1.86. The van der Waals surface area contributed by atoms with E-state index in [1.165, 1.54) is 15.9 Å². The van der Waals surface area contributed by atoms with Crippen LogP contribution in [-0.2, 0) is 16.5 Å². The first-order valence-electron chi connectivity index (χ1n) is 14.4. The summed E-state index contributed by atoms with van der Waals surface area (Å²) >= 11 is 0. The summed E-state index contributed by atoms with van der Waals surface area (Å²) in [6.07, 6.45) is 1.70. The van der Waals surface area contributed by atoms with Crippen molar-refractivity contribution in [2.75, 3.05) is 0 Å². The van der Waals surface area contributed by atoms with Crippen LogP contribution in [0.4, 0.5) is 0 Å². The fraction of sp³-hybridized carbons (Fsp3) is 0.103. The molecule has 0 amide bonds. The van der Waals surface area contributed by atoms with Crippen molar-refractivity contribution in [2.24, 2.45) is 5.10 Å². The van der Waals surface area contributed by atoms with Crippen molar-refractivity contribution in [1.29, 1.82) is 0 Å². The number of benzene rings is 5. The molecule has 5 heteroatoms. The van der Waals surface area contributed by atoms with Crippen LogP contribution in [0.1, 0.15) is 28.1 Å². The normalized spacial score (nSPS) is 10.3. The first-order chi connectivity index (χ1) is 20.9. The van der Waals surface area contributed by atoms with Gasteiger partial charge in [0.1, 0.15) is 21.7 Å². The van der Waals surface area contributed by atoms with Crippen molar-refractivity contribution in [1.82, 2.24) is 4.68 Å². The summed E-state index contributed by atoms with van der Waals surface area (Å²) in [5.41, 5.74) is 4.89. The number of hydrogen-bond donors (Lipinski definition) is 1. The fourth-order valence-electron chi connectivity index (χ4n) is 4.71. The van der Waals surface area contributed by atoms with E-state index in [4.69, 9.17) is 0 Å². The molecule has 0 atom stereocenters. The molecule has 226 valence electrons. The zero-order valence-electron chi connectivity index (χ0n) is 25.6. The van der Waals surface area contributed by atoms with Gasteiger partial charge >= 0.3 is 0 Å². The molecule has 0 spiro atoms. The maximum absolute atomic E-state index is 9.99. The zero-order chi connectivity index (χ0) is 30.4. The van der Waals surface area contributed by atoms with Crippen LogP contribution in [-0.4, -0.2) is 16.0 Å². The Morgan fingerprint density at radius 3 is 1.43 bits per heavy atom. The van der Waals surface area contributed by atoms with Gasteiger partial charge in [-0.15, -0.1) is 0 Å². The Balaban J connectivity index is 0.000000199. The number of aryl methyl sites for hydroxylation is 4. The van der Waals surface area contributed by atoms with Crippen LogP contribution in [0.25, 0.3) is 0 Å². The largest absolute Gasteiger partial charge is 0.507 e. The Bertz CT molecular complexity index is 1560. The van der Waals surface area contributed by atoms with Gasteiger partial charge in [-0.1, -0.05) is 60.7 Å². The Labute approximate surface area is 273 Å². The van der Waals surface area contributed by atoms with E-state index >= 15 is 0 Å². The van der Waals surface area contributed by atoms with Gasteiger partial charge in [-0.05, 0) is 93.4 Å². The molecule has 1 N–H and O–H groups in total. The Morgan fingerprint density at radius 1 is 0.614 bits per heavy atom. The summed E-state index contributed by atoms with van der Waals surface area (Å²) in [4.78, 5) is 0. The molecule has 0 aliphatic carbocycles. The molecule has 0 unspecified atom stereocenters. The number of aromatic nitrogens is 1. The fourth-order valence-corrected chi connectivity index (χ4v) is 7.29. The van der Waals surface area contributed by atoms with Gasteiger partial charge in [-0.25, -0.2) is 4.68 Å².